The molecule has 1 unspecified atom stereocenters. The van der Waals surface area contributed by atoms with Crippen molar-refractivity contribution >= 4 is 29.1 Å². The number of carbonyl (C=O) groups excluding carboxylic acids is 1. The Kier molecular flexibility index (Phi) is 6.18. The highest BCUT2D eigenvalue weighted by Gasteiger charge is 2.27. The van der Waals surface area contributed by atoms with Crippen LogP contribution in [0.4, 0.5) is 0 Å². The monoisotopic (exact) mass is 484 g/mol. The minimum absolute atomic E-state index is 0.304. The third kappa shape index (κ3) is 4.66. The fourth-order valence-electron chi connectivity index (χ4n) is 4.46. The number of aromatic nitrogens is 2. The Bertz CT molecular complexity index is 1190. The average molecular weight is 485 g/mol. The summed E-state index contributed by atoms with van der Waals surface area (Å²) >= 11 is 12.6. The summed E-state index contributed by atoms with van der Waals surface area (Å²) in [6, 6.07) is 13.7. The van der Waals surface area contributed by atoms with E-state index in [1.807, 2.05) is 13.0 Å². The number of rotatable bonds is 5. The first-order chi connectivity index (χ1) is 15.9. The Labute approximate surface area is 203 Å². The number of hydrogen-bond acceptors (Lipinski definition) is 4. The maximum Gasteiger partial charge on any atom is 0.286 e. The minimum atomic E-state index is -0.439. The molecular formula is C25H26Cl2N4O2. The molecule has 1 aliphatic carbocycles. The van der Waals surface area contributed by atoms with Gasteiger partial charge in [-0.3, -0.25) is 10.2 Å². The molecule has 2 heterocycles. The summed E-state index contributed by atoms with van der Waals surface area (Å²) in [5, 5.41) is 17.4. The molecule has 5 rings (SSSR count). The number of nitrogens with zero attached hydrogens (tertiary/aromatic N) is 3. The molecule has 1 aromatic heterocycles. The highest BCUT2D eigenvalue weighted by molar-refractivity contribution is 6.35. The van der Waals surface area contributed by atoms with E-state index in [9.17, 15) is 9.90 Å². The maximum atomic E-state index is 13.2. The van der Waals surface area contributed by atoms with Crippen LogP contribution in [0, 0.1) is 6.92 Å². The summed E-state index contributed by atoms with van der Waals surface area (Å²) in [5.41, 5.74) is 7.76. The second-order valence-electron chi connectivity index (χ2n) is 8.91. The number of carbonyl (C=O) groups is 1. The van der Waals surface area contributed by atoms with Gasteiger partial charge in [0, 0.05) is 29.2 Å². The van der Waals surface area contributed by atoms with Crippen LogP contribution in [0.2, 0.25) is 10.0 Å². The van der Waals surface area contributed by atoms with E-state index in [2.05, 4.69) is 34.8 Å². The van der Waals surface area contributed by atoms with E-state index in [1.54, 1.807) is 21.8 Å². The van der Waals surface area contributed by atoms with E-state index in [0.717, 1.165) is 29.7 Å². The van der Waals surface area contributed by atoms with Crippen LogP contribution >= 0.6 is 23.2 Å². The normalized spacial score (nSPS) is 19.0. The first-order valence-electron chi connectivity index (χ1n) is 11.3. The van der Waals surface area contributed by atoms with E-state index >= 15 is 0 Å². The van der Waals surface area contributed by atoms with Crippen molar-refractivity contribution in [3.05, 3.63) is 69.3 Å². The molecule has 1 saturated heterocycles. The first kappa shape index (κ1) is 22.4. The van der Waals surface area contributed by atoms with Crippen LogP contribution in [-0.4, -0.2) is 45.0 Å². The number of hydrazine groups is 1. The molecule has 2 aromatic carbocycles. The number of β-amino-alcohol motifs (C(OH)–C–C–N with tert-alkyl or cyclic N) is 1. The second kappa shape index (κ2) is 9.11. The summed E-state index contributed by atoms with van der Waals surface area (Å²) in [7, 11) is 0. The van der Waals surface area contributed by atoms with Gasteiger partial charge >= 0.3 is 0 Å². The van der Waals surface area contributed by atoms with E-state index < -0.39 is 6.10 Å². The summed E-state index contributed by atoms with van der Waals surface area (Å²) in [6.45, 7) is 3.00. The number of aliphatic hydroxyl groups excluding tert-OH is 1. The number of halogens is 2. The number of amides is 1. The molecule has 1 aliphatic heterocycles. The third-order valence-electron chi connectivity index (χ3n) is 6.36. The summed E-state index contributed by atoms with van der Waals surface area (Å²) < 4.78 is 1.72. The Morgan fingerprint density at radius 2 is 1.88 bits per heavy atom. The smallest absolute Gasteiger partial charge is 0.286 e. The van der Waals surface area contributed by atoms with Crippen molar-refractivity contribution in [2.24, 2.45) is 0 Å². The van der Waals surface area contributed by atoms with Crippen LogP contribution in [0.25, 0.3) is 16.9 Å². The van der Waals surface area contributed by atoms with Crippen molar-refractivity contribution in [1.29, 1.82) is 0 Å². The van der Waals surface area contributed by atoms with Gasteiger partial charge in [0.1, 0.15) is 0 Å². The predicted octanol–water partition coefficient (Wildman–Crippen LogP) is 5.13. The molecule has 3 aromatic rings. The number of benzene rings is 2. The lowest BCUT2D eigenvalue weighted by molar-refractivity contribution is 0.0364. The summed E-state index contributed by atoms with van der Waals surface area (Å²) in [4.78, 5) is 13.2. The highest BCUT2D eigenvalue weighted by Crippen LogP contribution is 2.41. The largest absolute Gasteiger partial charge is 0.392 e. The van der Waals surface area contributed by atoms with Gasteiger partial charge in [-0.2, -0.15) is 5.10 Å². The molecule has 172 valence electrons. The SMILES string of the molecule is Cc1c(C(=O)NN2CCCC(O)C2)nn(-c2ccc(Cl)cc2Cl)c1-c1ccc(C2CC2)cc1. The van der Waals surface area contributed by atoms with Gasteiger partial charge < -0.3 is 5.11 Å². The van der Waals surface area contributed by atoms with Gasteiger partial charge in [-0.05, 0) is 62.3 Å². The lowest BCUT2D eigenvalue weighted by Gasteiger charge is -2.29. The Morgan fingerprint density at radius 1 is 1.12 bits per heavy atom. The van der Waals surface area contributed by atoms with Crippen molar-refractivity contribution in [2.75, 3.05) is 13.1 Å². The van der Waals surface area contributed by atoms with Crippen molar-refractivity contribution in [3.63, 3.8) is 0 Å². The summed E-state index contributed by atoms with van der Waals surface area (Å²) in [5.74, 6) is 0.360. The molecule has 0 radical (unpaired) electrons. The average Bonchev–Trinajstić information content (AvgIpc) is 3.57. The molecule has 0 spiro atoms. The van der Waals surface area contributed by atoms with E-state index in [-0.39, 0.29) is 5.91 Å². The molecule has 1 amide bonds. The molecule has 6 nitrogen and oxygen atoms in total. The van der Waals surface area contributed by atoms with Crippen molar-refractivity contribution in [1.82, 2.24) is 20.2 Å². The van der Waals surface area contributed by atoms with Crippen LogP contribution in [0.1, 0.15) is 53.2 Å². The van der Waals surface area contributed by atoms with Crippen LogP contribution in [-0.2, 0) is 0 Å². The lowest BCUT2D eigenvalue weighted by atomic mass is 10.0. The Balaban J connectivity index is 1.55. The second-order valence-corrected chi connectivity index (χ2v) is 9.75. The third-order valence-corrected chi connectivity index (χ3v) is 6.90. The molecular weight excluding hydrogens is 459 g/mol. The molecule has 2 N–H and O–H groups in total. The number of piperidine rings is 1. The van der Waals surface area contributed by atoms with Crippen molar-refractivity contribution < 1.29 is 9.90 Å². The summed E-state index contributed by atoms with van der Waals surface area (Å²) in [6.07, 6.45) is 3.62. The molecule has 33 heavy (non-hydrogen) atoms. The zero-order chi connectivity index (χ0) is 23.1. The molecule has 0 bridgehead atoms. The Hall–Kier alpha value is -2.38. The first-order valence-corrected chi connectivity index (χ1v) is 12.1. The van der Waals surface area contributed by atoms with Gasteiger partial charge in [0.15, 0.2) is 5.69 Å². The van der Waals surface area contributed by atoms with Crippen LogP contribution < -0.4 is 5.43 Å². The Morgan fingerprint density at radius 3 is 2.55 bits per heavy atom. The zero-order valence-corrected chi connectivity index (χ0v) is 19.9. The highest BCUT2D eigenvalue weighted by atomic mass is 35.5. The van der Waals surface area contributed by atoms with Crippen LogP contribution in [0.3, 0.4) is 0 Å². The standard InChI is InChI=1S/C25H26Cl2N4O2/c1-15-23(25(33)29-30-12-2-3-20(32)14-30)28-31(22-11-10-19(26)13-21(22)27)24(15)18-8-6-17(7-9-18)16-4-5-16/h6-11,13,16,20,32H,2-5,12,14H2,1H3,(H,29,33). The van der Waals surface area contributed by atoms with Gasteiger partial charge in [0.2, 0.25) is 0 Å². The van der Waals surface area contributed by atoms with Crippen LogP contribution in [0.5, 0.6) is 0 Å². The van der Waals surface area contributed by atoms with Gasteiger partial charge in [-0.1, -0.05) is 47.5 Å². The van der Waals surface area contributed by atoms with E-state index in [0.29, 0.717) is 40.4 Å². The molecule has 1 saturated carbocycles. The topological polar surface area (TPSA) is 70.4 Å². The van der Waals surface area contributed by atoms with Crippen molar-refractivity contribution in [2.45, 2.75) is 44.6 Å². The van der Waals surface area contributed by atoms with E-state index in [1.165, 1.54) is 18.4 Å². The van der Waals surface area contributed by atoms with Crippen LogP contribution in [0.15, 0.2) is 42.5 Å². The van der Waals surface area contributed by atoms with E-state index in [4.69, 9.17) is 23.2 Å². The quantitative estimate of drug-likeness (QED) is 0.526. The zero-order valence-electron chi connectivity index (χ0n) is 18.4. The number of hydrogen-bond donors (Lipinski definition) is 2. The van der Waals surface area contributed by atoms with Gasteiger partial charge in [-0.25, -0.2) is 9.69 Å². The van der Waals surface area contributed by atoms with Crippen molar-refractivity contribution in [3.8, 4) is 16.9 Å². The minimum Gasteiger partial charge on any atom is -0.392 e. The molecule has 8 heteroatoms. The predicted molar refractivity (Wildman–Crippen MR) is 130 cm³/mol. The molecule has 2 aliphatic rings. The molecule has 1 atom stereocenters. The molecule has 2 fully saturated rings. The number of aliphatic hydroxyl groups is 1. The number of nitrogens with one attached hydrogen (secondary N) is 1. The van der Waals surface area contributed by atoms with Gasteiger partial charge in [-0.15, -0.1) is 0 Å². The maximum absolute atomic E-state index is 13.2. The fraction of sp³-hybridized carbons (Fsp3) is 0.360. The van der Waals surface area contributed by atoms with Gasteiger partial charge in [0.05, 0.1) is 22.5 Å². The fourth-order valence-corrected chi connectivity index (χ4v) is 4.95. The van der Waals surface area contributed by atoms with Gasteiger partial charge in [0.25, 0.3) is 5.91 Å². The lowest BCUT2D eigenvalue weighted by Crippen LogP contribution is -2.49.